The highest BCUT2D eigenvalue weighted by atomic mass is 32.2. The summed E-state index contributed by atoms with van der Waals surface area (Å²) in [5.41, 5.74) is 1.04. The minimum atomic E-state index is -0.108. The zero-order chi connectivity index (χ0) is 18.5. The molecule has 1 N–H and O–H groups in total. The number of nitrogens with zero attached hydrogens (tertiary/aromatic N) is 4. The average Bonchev–Trinajstić information content (AvgIpc) is 3.44. The first-order chi connectivity index (χ1) is 13.3. The van der Waals surface area contributed by atoms with Crippen molar-refractivity contribution in [2.45, 2.75) is 11.6 Å². The molecular weight excluding hydrogens is 386 g/mol. The van der Waals surface area contributed by atoms with Crippen LogP contribution in [0.2, 0.25) is 0 Å². The van der Waals surface area contributed by atoms with Gasteiger partial charge in [-0.2, -0.15) is 0 Å². The Labute approximate surface area is 162 Å². The van der Waals surface area contributed by atoms with Crippen LogP contribution in [0.3, 0.4) is 0 Å². The molecule has 0 radical (unpaired) electrons. The number of carbonyl (C=O) groups is 1. The molecule has 4 heterocycles. The first-order valence-electron chi connectivity index (χ1n) is 7.94. The van der Waals surface area contributed by atoms with Gasteiger partial charge in [-0.1, -0.05) is 11.8 Å². The van der Waals surface area contributed by atoms with Crippen molar-refractivity contribution in [2.75, 3.05) is 11.1 Å². The van der Waals surface area contributed by atoms with E-state index in [9.17, 15) is 4.79 Å². The summed E-state index contributed by atoms with van der Waals surface area (Å²) in [5, 5.41) is 14.0. The summed E-state index contributed by atoms with van der Waals surface area (Å²) in [5.74, 6) is 1.53. The van der Waals surface area contributed by atoms with Crippen molar-refractivity contribution in [3.63, 3.8) is 0 Å². The maximum atomic E-state index is 11.9. The smallest absolute Gasteiger partial charge is 0.226 e. The first kappa shape index (κ1) is 17.4. The molecule has 0 atom stereocenters. The molecule has 0 bridgehead atoms. The molecule has 0 aromatic carbocycles. The van der Waals surface area contributed by atoms with E-state index in [1.165, 1.54) is 23.1 Å². The number of thioether (sulfide) groups is 1. The molecule has 27 heavy (non-hydrogen) atoms. The van der Waals surface area contributed by atoms with E-state index in [1.807, 2.05) is 0 Å². The van der Waals surface area contributed by atoms with Crippen LogP contribution in [-0.4, -0.2) is 31.8 Å². The second kappa shape index (κ2) is 8.14. The minimum Gasteiger partial charge on any atom is -0.463 e. The predicted octanol–water partition coefficient (Wildman–Crippen LogP) is 3.97. The lowest BCUT2D eigenvalue weighted by atomic mass is 10.2. The summed E-state index contributed by atoms with van der Waals surface area (Å²) in [6.07, 6.45) is 5.08. The molecule has 0 fully saturated rings. The zero-order valence-corrected chi connectivity index (χ0v) is 15.5. The van der Waals surface area contributed by atoms with E-state index in [2.05, 4.69) is 25.5 Å². The molecule has 0 aliphatic heterocycles. The van der Waals surface area contributed by atoms with Crippen LogP contribution in [0.1, 0.15) is 6.42 Å². The third-order valence-corrected chi connectivity index (χ3v) is 4.94. The molecule has 0 aliphatic carbocycles. The fourth-order valence-corrected chi connectivity index (χ4v) is 3.51. The third kappa shape index (κ3) is 4.23. The molecule has 0 saturated heterocycles. The Morgan fingerprint density at radius 1 is 1.11 bits per heavy atom. The molecule has 0 saturated carbocycles. The number of hydrogen-bond acceptors (Lipinski definition) is 9. The van der Waals surface area contributed by atoms with Crippen molar-refractivity contribution >= 4 is 34.1 Å². The van der Waals surface area contributed by atoms with Gasteiger partial charge in [0.15, 0.2) is 22.3 Å². The topological polar surface area (TPSA) is 107 Å². The normalized spacial score (nSPS) is 10.8. The van der Waals surface area contributed by atoms with Gasteiger partial charge in [-0.3, -0.25) is 4.79 Å². The molecule has 4 rings (SSSR count). The van der Waals surface area contributed by atoms with E-state index < -0.39 is 0 Å². The summed E-state index contributed by atoms with van der Waals surface area (Å²) < 4.78 is 10.9. The molecule has 0 unspecified atom stereocenters. The van der Waals surface area contributed by atoms with Gasteiger partial charge in [0.1, 0.15) is 5.69 Å². The predicted molar refractivity (Wildman–Crippen MR) is 101 cm³/mol. The average molecular weight is 399 g/mol. The highest BCUT2D eigenvalue weighted by Crippen LogP contribution is 2.30. The Kier molecular flexibility index (Phi) is 5.26. The van der Waals surface area contributed by atoms with E-state index in [-0.39, 0.29) is 5.91 Å². The van der Waals surface area contributed by atoms with Gasteiger partial charge in [0.05, 0.1) is 12.5 Å². The van der Waals surface area contributed by atoms with Crippen molar-refractivity contribution in [1.29, 1.82) is 0 Å². The lowest BCUT2D eigenvalue weighted by Gasteiger charge is -2.05. The summed E-state index contributed by atoms with van der Waals surface area (Å²) in [4.78, 5) is 20.5. The Morgan fingerprint density at radius 3 is 2.56 bits per heavy atom. The Hall–Kier alpha value is -2.98. The summed E-state index contributed by atoms with van der Waals surface area (Å²) in [6.45, 7) is 0. The van der Waals surface area contributed by atoms with Gasteiger partial charge in [-0.05, 0) is 24.3 Å². The molecule has 1 amide bonds. The maximum absolute atomic E-state index is 11.9. The quantitative estimate of drug-likeness (QED) is 0.465. The standard InChI is InChI=1S/C17H13N5O3S2/c23-13(19-16-18-6-10-27-16)5-9-26-17-20-14(11-3-1-7-24-11)15(21-22-17)12-4-2-8-25-12/h1-4,6-8,10H,5,9H2,(H,18,19,23). The van der Waals surface area contributed by atoms with Gasteiger partial charge in [-0.15, -0.1) is 21.5 Å². The monoisotopic (exact) mass is 399 g/mol. The number of furan rings is 2. The van der Waals surface area contributed by atoms with Crippen LogP contribution in [0.4, 0.5) is 5.13 Å². The van der Waals surface area contributed by atoms with Crippen molar-refractivity contribution in [3.8, 4) is 22.9 Å². The molecule has 0 aliphatic rings. The van der Waals surface area contributed by atoms with E-state index in [0.29, 0.717) is 45.4 Å². The van der Waals surface area contributed by atoms with E-state index >= 15 is 0 Å². The fraction of sp³-hybridized carbons (Fsp3) is 0.118. The number of hydrogen-bond donors (Lipinski definition) is 1. The van der Waals surface area contributed by atoms with Gasteiger partial charge >= 0.3 is 0 Å². The van der Waals surface area contributed by atoms with Crippen LogP contribution in [0.25, 0.3) is 22.9 Å². The number of anilines is 1. The van der Waals surface area contributed by atoms with Gasteiger partial charge in [0, 0.05) is 23.8 Å². The SMILES string of the molecule is O=C(CCSc1nnc(-c2ccco2)c(-c2ccco2)n1)Nc1nccs1. The van der Waals surface area contributed by atoms with Gasteiger partial charge in [-0.25, -0.2) is 9.97 Å². The Bertz CT molecular complexity index is 1000. The van der Waals surface area contributed by atoms with Crippen LogP contribution < -0.4 is 5.32 Å². The first-order valence-corrected chi connectivity index (χ1v) is 9.81. The molecular formula is C17H13N5O3S2. The lowest BCUT2D eigenvalue weighted by molar-refractivity contribution is -0.115. The van der Waals surface area contributed by atoms with E-state index in [1.54, 1.807) is 48.4 Å². The van der Waals surface area contributed by atoms with Crippen molar-refractivity contribution in [2.24, 2.45) is 0 Å². The zero-order valence-electron chi connectivity index (χ0n) is 13.9. The van der Waals surface area contributed by atoms with E-state index in [0.717, 1.165) is 0 Å². The summed E-state index contributed by atoms with van der Waals surface area (Å²) in [6, 6.07) is 7.13. The highest BCUT2D eigenvalue weighted by Gasteiger charge is 2.18. The third-order valence-electron chi connectivity index (χ3n) is 3.42. The van der Waals surface area contributed by atoms with Crippen molar-refractivity contribution in [3.05, 3.63) is 48.4 Å². The van der Waals surface area contributed by atoms with Crippen LogP contribution in [-0.2, 0) is 4.79 Å². The largest absolute Gasteiger partial charge is 0.463 e. The van der Waals surface area contributed by atoms with Crippen LogP contribution >= 0.6 is 23.1 Å². The van der Waals surface area contributed by atoms with Gasteiger partial charge < -0.3 is 14.2 Å². The second-order valence-electron chi connectivity index (χ2n) is 5.23. The molecule has 0 spiro atoms. The van der Waals surface area contributed by atoms with E-state index in [4.69, 9.17) is 8.83 Å². The van der Waals surface area contributed by atoms with Gasteiger partial charge in [0.25, 0.3) is 0 Å². The Balaban J connectivity index is 1.46. The number of amides is 1. The molecule has 4 aromatic rings. The number of thiazole rings is 1. The fourth-order valence-electron chi connectivity index (χ4n) is 2.24. The summed E-state index contributed by atoms with van der Waals surface area (Å²) in [7, 11) is 0. The second-order valence-corrected chi connectivity index (χ2v) is 7.19. The van der Waals surface area contributed by atoms with Crippen LogP contribution in [0.5, 0.6) is 0 Å². The van der Waals surface area contributed by atoms with Crippen molar-refractivity contribution < 1.29 is 13.6 Å². The molecule has 136 valence electrons. The number of aromatic nitrogens is 4. The maximum Gasteiger partial charge on any atom is 0.226 e. The molecule has 8 nitrogen and oxygen atoms in total. The summed E-state index contributed by atoms with van der Waals surface area (Å²) >= 11 is 2.72. The van der Waals surface area contributed by atoms with Gasteiger partial charge in [0.2, 0.25) is 11.1 Å². The molecule has 4 aromatic heterocycles. The number of carbonyl (C=O) groups excluding carboxylic acids is 1. The van der Waals surface area contributed by atoms with Crippen LogP contribution in [0.15, 0.2) is 62.4 Å². The molecule has 10 heteroatoms. The number of rotatable bonds is 7. The lowest BCUT2D eigenvalue weighted by Crippen LogP contribution is -2.12. The highest BCUT2D eigenvalue weighted by molar-refractivity contribution is 7.99. The van der Waals surface area contributed by atoms with Crippen molar-refractivity contribution in [1.82, 2.24) is 20.2 Å². The van der Waals surface area contributed by atoms with Crippen LogP contribution in [0, 0.1) is 0 Å². The Morgan fingerprint density at radius 2 is 1.89 bits per heavy atom. The number of nitrogens with one attached hydrogen (secondary N) is 1. The minimum absolute atomic E-state index is 0.108.